The molecule has 0 aromatic carbocycles. The van der Waals surface area contributed by atoms with Gasteiger partial charge in [0.1, 0.15) is 28.2 Å². The van der Waals surface area contributed by atoms with Crippen molar-refractivity contribution in [2.24, 2.45) is 0 Å². The second kappa shape index (κ2) is 4.97. The molecule has 0 aliphatic heterocycles. The van der Waals surface area contributed by atoms with E-state index in [-0.39, 0.29) is 22.6 Å². The van der Waals surface area contributed by atoms with Crippen molar-refractivity contribution < 1.29 is 9.53 Å². The maximum Gasteiger partial charge on any atom is 0.314 e. The zero-order valence-electron chi connectivity index (χ0n) is 9.25. The van der Waals surface area contributed by atoms with E-state index in [1.165, 1.54) is 6.07 Å². The molecule has 16 heavy (non-hydrogen) atoms. The standard InChI is InChI=1S/C10H12Cl2N2O2/c1-10(2,3)16-9(15)5-8-13-6(11)4-7(12)14-8/h4H,5H2,1-3H3. The fourth-order valence-electron chi connectivity index (χ4n) is 1.02. The van der Waals surface area contributed by atoms with Gasteiger partial charge in [0.15, 0.2) is 0 Å². The molecule has 0 aliphatic carbocycles. The van der Waals surface area contributed by atoms with E-state index in [4.69, 9.17) is 27.9 Å². The van der Waals surface area contributed by atoms with Crippen molar-refractivity contribution in [2.45, 2.75) is 32.8 Å². The summed E-state index contributed by atoms with van der Waals surface area (Å²) in [7, 11) is 0. The fourth-order valence-corrected chi connectivity index (χ4v) is 1.48. The van der Waals surface area contributed by atoms with Crippen LogP contribution in [0, 0.1) is 0 Å². The van der Waals surface area contributed by atoms with Crippen LogP contribution in [0.5, 0.6) is 0 Å². The summed E-state index contributed by atoms with van der Waals surface area (Å²) in [6, 6.07) is 1.40. The van der Waals surface area contributed by atoms with E-state index in [9.17, 15) is 4.79 Å². The number of rotatable bonds is 2. The van der Waals surface area contributed by atoms with Crippen LogP contribution in [0.25, 0.3) is 0 Å². The third kappa shape index (κ3) is 4.77. The van der Waals surface area contributed by atoms with Crippen molar-refractivity contribution in [3.8, 4) is 0 Å². The predicted molar refractivity (Wildman–Crippen MR) is 61.6 cm³/mol. The van der Waals surface area contributed by atoms with Gasteiger partial charge in [-0.2, -0.15) is 0 Å². The Balaban J connectivity index is 2.70. The summed E-state index contributed by atoms with van der Waals surface area (Å²) in [6.45, 7) is 5.37. The van der Waals surface area contributed by atoms with Gasteiger partial charge in [-0.25, -0.2) is 9.97 Å². The highest BCUT2D eigenvalue weighted by atomic mass is 35.5. The minimum atomic E-state index is -0.528. The average molecular weight is 263 g/mol. The minimum absolute atomic E-state index is 0.0441. The Morgan fingerprint density at radius 3 is 2.25 bits per heavy atom. The van der Waals surface area contributed by atoms with Crippen molar-refractivity contribution in [3.63, 3.8) is 0 Å². The molecule has 0 amide bonds. The lowest BCUT2D eigenvalue weighted by molar-refractivity contribution is -0.154. The molecule has 0 fully saturated rings. The molecule has 1 rings (SSSR count). The molecule has 1 aromatic heterocycles. The fraction of sp³-hybridized carbons (Fsp3) is 0.500. The number of hydrogen-bond acceptors (Lipinski definition) is 4. The molecular weight excluding hydrogens is 251 g/mol. The number of aromatic nitrogens is 2. The van der Waals surface area contributed by atoms with Gasteiger partial charge in [-0.05, 0) is 20.8 Å². The Morgan fingerprint density at radius 1 is 1.31 bits per heavy atom. The van der Waals surface area contributed by atoms with E-state index in [0.29, 0.717) is 0 Å². The van der Waals surface area contributed by atoms with Gasteiger partial charge in [-0.3, -0.25) is 4.79 Å². The topological polar surface area (TPSA) is 52.1 Å². The van der Waals surface area contributed by atoms with Crippen LogP contribution in [0.3, 0.4) is 0 Å². The van der Waals surface area contributed by atoms with Gasteiger partial charge >= 0.3 is 5.97 Å². The number of esters is 1. The molecule has 0 radical (unpaired) electrons. The lowest BCUT2D eigenvalue weighted by atomic mass is 10.2. The predicted octanol–water partition coefficient (Wildman–Crippen LogP) is 2.67. The van der Waals surface area contributed by atoms with Crippen LogP contribution >= 0.6 is 23.2 Å². The van der Waals surface area contributed by atoms with E-state index in [1.807, 2.05) is 0 Å². The number of halogens is 2. The molecule has 0 spiro atoms. The summed E-state index contributed by atoms with van der Waals surface area (Å²) in [6.07, 6.45) is -0.0441. The zero-order chi connectivity index (χ0) is 12.3. The second-order valence-electron chi connectivity index (χ2n) is 4.19. The Bertz CT molecular complexity index is 382. The van der Waals surface area contributed by atoms with Crippen molar-refractivity contribution >= 4 is 29.2 Å². The maximum atomic E-state index is 11.5. The minimum Gasteiger partial charge on any atom is -0.460 e. The van der Waals surface area contributed by atoms with Gasteiger partial charge < -0.3 is 4.74 Å². The monoisotopic (exact) mass is 262 g/mol. The van der Waals surface area contributed by atoms with Crippen LogP contribution < -0.4 is 0 Å². The molecule has 0 aliphatic rings. The molecule has 0 N–H and O–H groups in total. The zero-order valence-corrected chi connectivity index (χ0v) is 10.8. The van der Waals surface area contributed by atoms with Gasteiger partial charge in [-0.15, -0.1) is 0 Å². The van der Waals surface area contributed by atoms with E-state index >= 15 is 0 Å². The quantitative estimate of drug-likeness (QED) is 0.608. The van der Waals surface area contributed by atoms with Crippen molar-refractivity contribution in [1.82, 2.24) is 9.97 Å². The Hall–Kier alpha value is -0.870. The second-order valence-corrected chi connectivity index (χ2v) is 4.97. The number of ether oxygens (including phenoxy) is 1. The third-order valence-corrected chi connectivity index (χ3v) is 1.82. The summed E-state index contributed by atoms with van der Waals surface area (Å²) in [5, 5.41) is 0.414. The SMILES string of the molecule is CC(C)(C)OC(=O)Cc1nc(Cl)cc(Cl)n1. The molecule has 1 heterocycles. The normalized spacial score (nSPS) is 11.3. The lowest BCUT2D eigenvalue weighted by Crippen LogP contribution is -2.25. The Labute approximate surface area is 104 Å². The summed E-state index contributed by atoms with van der Waals surface area (Å²) in [5.41, 5.74) is -0.528. The van der Waals surface area contributed by atoms with Crippen molar-refractivity contribution in [1.29, 1.82) is 0 Å². The van der Waals surface area contributed by atoms with Crippen molar-refractivity contribution in [2.75, 3.05) is 0 Å². The van der Waals surface area contributed by atoms with Gasteiger partial charge in [0.2, 0.25) is 0 Å². The molecule has 4 nitrogen and oxygen atoms in total. The summed E-state index contributed by atoms with van der Waals surface area (Å²) < 4.78 is 5.12. The number of carbonyl (C=O) groups excluding carboxylic acids is 1. The van der Waals surface area contributed by atoms with E-state index in [2.05, 4.69) is 9.97 Å². The smallest absolute Gasteiger partial charge is 0.314 e. The summed E-state index contributed by atoms with van der Waals surface area (Å²) in [5.74, 6) is -0.155. The van der Waals surface area contributed by atoms with Gasteiger partial charge in [0.25, 0.3) is 0 Å². The van der Waals surface area contributed by atoms with E-state index in [1.54, 1.807) is 20.8 Å². The van der Waals surface area contributed by atoms with Crippen molar-refractivity contribution in [3.05, 3.63) is 22.2 Å². The van der Waals surface area contributed by atoms with Crippen LogP contribution in [0.4, 0.5) is 0 Å². The van der Waals surface area contributed by atoms with Gasteiger partial charge in [-0.1, -0.05) is 23.2 Å². The molecule has 1 aromatic rings. The van der Waals surface area contributed by atoms with E-state index < -0.39 is 11.6 Å². The Kier molecular flexibility index (Phi) is 4.10. The van der Waals surface area contributed by atoms with E-state index in [0.717, 1.165) is 0 Å². The van der Waals surface area contributed by atoms with Crippen LogP contribution in [0.2, 0.25) is 10.3 Å². The third-order valence-electron chi connectivity index (χ3n) is 1.43. The van der Waals surface area contributed by atoms with Crippen LogP contribution in [0.1, 0.15) is 26.6 Å². The van der Waals surface area contributed by atoms with Gasteiger partial charge in [0.05, 0.1) is 0 Å². The van der Waals surface area contributed by atoms with Crippen LogP contribution in [-0.4, -0.2) is 21.5 Å². The molecule has 0 atom stereocenters. The summed E-state index contributed by atoms with van der Waals surface area (Å²) >= 11 is 11.4. The first kappa shape index (κ1) is 13.2. The Morgan fingerprint density at radius 2 is 1.81 bits per heavy atom. The molecule has 0 unspecified atom stereocenters. The largest absolute Gasteiger partial charge is 0.460 e. The highest BCUT2D eigenvalue weighted by Gasteiger charge is 2.17. The average Bonchev–Trinajstić information content (AvgIpc) is 1.96. The molecular formula is C10H12Cl2N2O2. The first-order valence-corrected chi connectivity index (χ1v) is 5.43. The maximum absolute atomic E-state index is 11.5. The first-order chi connectivity index (χ1) is 7.26. The molecule has 6 heteroatoms. The molecule has 0 saturated heterocycles. The molecule has 88 valence electrons. The summed E-state index contributed by atoms with van der Waals surface area (Å²) in [4.78, 5) is 19.2. The highest BCUT2D eigenvalue weighted by Crippen LogP contribution is 2.13. The first-order valence-electron chi connectivity index (χ1n) is 4.67. The van der Waals surface area contributed by atoms with Crippen LogP contribution in [-0.2, 0) is 16.0 Å². The lowest BCUT2D eigenvalue weighted by Gasteiger charge is -2.19. The number of carbonyl (C=O) groups is 1. The molecule has 0 saturated carbocycles. The molecule has 0 bridgehead atoms. The number of hydrogen-bond donors (Lipinski definition) is 0. The number of nitrogens with zero attached hydrogens (tertiary/aromatic N) is 2. The van der Waals surface area contributed by atoms with Crippen LogP contribution in [0.15, 0.2) is 6.07 Å². The highest BCUT2D eigenvalue weighted by molar-refractivity contribution is 6.33. The van der Waals surface area contributed by atoms with Gasteiger partial charge in [0, 0.05) is 6.07 Å².